The van der Waals surface area contributed by atoms with Crippen molar-refractivity contribution in [2.24, 2.45) is 4.99 Å². The van der Waals surface area contributed by atoms with E-state index in [-0.39, 0.29) is 24.0 Å². The lowest BCUT2D eigenvalue weighted by Gasteiger charge is -2.14. The number of rotatable bonds is 7. The Kier molecular flexibility index (Phi) is 8.60. The van der Waals surface area contributed by atoms with Gasteiger partial charge in [-0.1, -0.05) is 24.3 Å². The van der Waals surface area contributed by atoms with Crippen LogP contribution in [0.2, 0.25) is 0 Å². The summed E-state index contributed by atoms with van der Waals surface area (Å²) in [6.45, 7) is 5.58. The first kappa shape index (κ1) is 24.1. The van der Waals surface area contributed by atoms with E-state index in [1.165, 1.54) is 4.70 Å². The zero-order chi connectivity index (χ0) is 21.6. The summed E-state index contributed by atoms with van der Waals surface area (Å²) >= 11 is 1.62. The van der Waals surface area contributed by atoms with Crippen LogP contribution in [0, 0.1) is 6.92 Å². The SMILES string of the molecule is CCNC(=NCc1ccc(-n2ccnc2C)nc1)NCC(O)c1cc2ccccc2s1.I. The van der Waals surface area contributed by atoms with Gasteiger partial charge in [0.25, 0.3) is 0 Å². The Hall–Kier alpha value is -2.50. The fourth-order valence-electron chi connectivity index (χ4n) is 3.25. The highest BCUT2D eigenvalue weighted by Gasteiger charge is 2.12. The van der Waals surface area contributed by atoms with Gasteiger partial charge in [-0.05, 0) is 43.0 Å². The summed E-state index contributed by atoms with van der Waals surface area (Å²) < 4.78 is 3.12. The number of aliphatic imine (C=N–C) groups is 1. The molecule has 0 amide bonds. The van der Waals surface area contributed by atoms with E-state index in [1.54, 1.807) is 17.5 Å². The molecule has 0 saturated carbocycles. The molecular formula is C23H27IN6OS. The lowest BCUT2D eigenvalue weighted by molar-refractivity contribution is 0.184. The second-order valence-corrected chi connectivity index (χ2v) is 8.26. The molecule has 0 saturated heterocycles. The fraction of sp³-hybridized carbons (Fsp3) is 0.261. The third kappa shape index (κ3) is 5.84. The van der Waals surface area contributed by atoms with Crippen LogP contribution < -0.4 is 10.6 Å². The molecule has 4 rings (SSSR count). The third-order valence-corrected chi connectivity index (χ3v) is 6.10. The molecule has 3 aromatic heterocycles. The Morgan fingerprint density at radius 1 is 1.19 bits per heavy atom. The maximum absolute atomic E-state index is 10.6. The molecule has 1 atom stereocenters. The first-order valence-corrected chi connectivity index (χ1v) is 11.1. The molecule has 0 spiro atoms. The number of halogens is 1. The molecule has 0 fully saturated rings. The number of hydrogen-bond acceptors (Lipinski definition) is 5. The van der Waals surface area contributed by atoms with Crippen molar-refractivity contribution in [2.75, 3.05) is 13.1 Å². The van der Waals surface area contributed by atoms with E-state index < -0.39 is 6.10 Å². The number of aliphatic hydroxyl groups is 1. The molecule has 3 N–H and O–H groups in total. The summed E-state index contributed by atoms with van der Waals surface area (Å²) in [5, 5.41) is 18.2. The number of imidazole rings is 1. The van der Waals surface area contributed by atoms with Crippen molar-refractivity contribution in [3.8, 4) is 5.82 Å². The summed E-state index contributed by atoms with van der Waals surface area (Å²) in [7, 11) is 0. The van der Waals surface area contributed by atoms with Crippen molar-refractivity contribution >= 4 is 51.4 Å². The second-order valence-electron chi connectivity index (χ2n) is 7.15. The van der Waals surface area contributed by atoms with Gasteiger partial charge in [0.05, 0.1) is 6.54 Å². The highest BCUT2D eigenvalue weighted by atomic mass is 127. The molecule has 168 valence electrons. The summed E-state index contributed by atoms with van der Waals surface area (Å²) in [5.74, 6) is 2.39. The zero-order valence-electron chi connectivity index (χ0n) is 18.0. The largest absolute Gasteiger partial charge is 0.386 e. The Morgan fingerprint density at radius 3 is 2.72 bits per heavy atom. The quantitative estimate of drug-likeness (QED) is 0.179. The van der Waals surface area contributed by atoms with Gasteiger partial charge in [-0.15, -0.1) is 35.3 Å². The molecule has 32 heavy (non-hydrogen) atoms. The van der Waals surface area contributed by atoms with Crippen molar-refractivity contribution < 1.29 is 5.11 Å². The molecule has 0 radical (unpaired) electrons. The average molecular weight is 562 g/mol. The van der Waals surface area contributed by atoms with Crippen LogP contribution in [0.25, 0.3) is 15.9 Å². The molecule has 1 unspecified atom stereocenters. The number of guanidine groups is 1. The van der Waals surface area contributed by atoms with Crippen molar-refractivity contribution in [1.82, 2.24) is 25.2 Å². The van der Waals surface area contributed by atoms with Gasteiger partial charge in [0, 0.05) is 41.3 Å². The highest BCUT2D eigenvalue weighted by molar-refractivity contribution is 14.0. The van der Waals surface area contributed by atoms with E-state index in [0.29, 0.717) is 19.0 Å². The molecule has 0 bridgehead atoms. The van der Waals surface area contributed by atoms with E-state index in [1.807, 2.05) is 61.1 Å². The predicted molar refractivity (Wildman–Crippen MR) is 141 cm³/mol. The van der Waals surface area contributed by atoms with Gasteiger partial charge in [-0.3, -0.25) is 4.57 Å². The molecular weight excluding hydrogens is 535 g/mol. The monoisotopic (exact) mass is 562 g/mol. The highest BCUT2D eigenvalue weighted by Crippen LogP contribution is 2.29. The van der Waals surface area contributed by atoms with Gasteiger partial charge in [-0.25, -0.2) is 15.0 Å². The topological polar surface area (TPSA) is 87.4 Å². The van der Waals surface area contributed by atoms with Crippen molar-refractivity contribution in [3.05, 3.63) is 77.3 Å². The predicted octanol–water partition coefficient (Wildman–Crippen LogP) is 4.20. The van der Waals surface area contributed by atoms with E-state index in [0.717, 1.165) is 34.0 Å². The number of nitrogens with one attached hydrogen (secondary N) is 2. The van der Waals surface area contributed by atoms with Gasteiger partial charge in [0.15, 0.2) is 5.96 Å². The molecule has 7 nitrogen and oxygen atoms in total. The van der Waals surface area contributed by atoms with Gasteiger partial charge in [0.1, 0.15) is 17.7 Å². The number of nitrogens with zero attached hydrogens (tertiary/aromatic N) is 4. The normalized spacial score (nSPS) is 12.4. The van der Waals surface area contributed by atoms with Crippen LogP contribution >= 0.6 is 35.3 Å². The van der Waals surface area contributed by atoms with Gasteiger partial charge in [-0.2, -0.15) is 0 Å². The number of aryl methyl sites for hydroxylation is 1. The Bertz CT molecular complexity index is 1140. The fourth-order valence-corrected chi connectivity index (χ4v) is 4.30. The van der Waals surface area contributed by atoms with Crippen LogP contribution in [0.5, 0.6) is 0 Å². The molecule has 0 aliphatic carbocycles. The number of aliphatic hydroxyl groups excluding tert-OH is 1. The maximum Gasteiger partial charge on any atom is 0.191 e. The maximum atomic E-state index is 10.6. The Balaban J connectivity index is 0.00000289. The minimum Gasteiger partial charge on any atom is -0.386 e. The molecule has 1 aromatic carbocycles. The lowest BCUT2D eigenvalue weighted by Crippen LogP contribution is -2.39. The van der Waals surface area contributed by atoms with E-state index in [9.17, 15) is 5.11 Å². The lowest BCUT2D eigenvalue weighted by atomic mass is 10.2. The van der Waals surface area contributed by atoms with Crippen molar-refractivity contribution in [2.45, 2.75) is 26.5 Å². The first-order chi connectivity index (χ1) is 15.1. The molecule has 9 heteroatoms. The number of hydrogen-bond donors (Lipinski definition) is 3. The van der Waals surface area contributed by atoms with Crippen LogP contribution in [-0.2, 0) is 6.54 Å². The standard InChI is InChI=1S/C23H26N6OS.HI/c1-3-24-23(28-15-19(30)21-12-18-6-4-5-7-20(18)31-21)27-14-17-8-9-22(26-13-17)29-11-10-25-16(29)2;/h4-13,19,30H,3,14-15H2,1-2H3,(H2,24,27,28);1H. The van der Waals surface area contributed by atoms with E-state index >= 15 is 0 Å². The van der Waals surface area contributed by atoms with E-state index in [2.05, 4.69) is 37.7 Å². The van der Waals surface area contributed by atoms with Crippen LogP contribution in [0.3, 0.4) is 0 Å². The number of pyridine rings is 1. The van der Waals surface area contributed by atoms with Gasteiger partial charge < -0.3 is 15.7 Å². The molecule has 0 aliphatic rings. The first-order valence-electron chi connectivity index (χ1n) is 10.3. The number of thiophene rings is 1. The van der Waals surface area contributed by atoms with Crippen molar-refractivity contribution in [1.29, 1.82) is 0 Å². The van der Waals surface area contributed by atoms with Crippen LogP contribution in [0.15, 0.2) is 66.0 Å². The minimum absolute atomic E-state index is 0. The van der Waals surface area contributed by atoms with Crippen LogP contribution in [0.4, 0.5) is 0 Å². The van der Waals surface area contributed by atoms with E-state index in [4.69, 9.17) is 0 Å². The third-order valence-electron chi connectivity index (χ3n) is 4.88. The summed E-state index contributed by atoms with van der Waals surface area (Å²) in [5.41, 5.74) is 1.00. The summed E-state index contributed by atoms with van der Waals surface area (Å²) in [4.78, 5) is 14.3. The number of benzene rings is 1. The molecule has 0 aliphatic heterocycles. The zero-order valence-corrected chi connectivity index (χ0v) is 21.2. The van der Waals surface area contributed by atoms with Crippen molar-refractivity contribution in [3.63, 3.8) is 0 Å². The summed E-state index contributed by atoms with van der Waals surface area (Å²) in [6.07, 6.45) is 4.88. The second kappa shape index (κ2) is 11.4. The average Bonchev–Trinajstić information content (AvgIpc) is 3.42. The Labute approximate surface area is 208 Å². The molecule has 3 heterocycles. The minimum atomic E-state index is -0.597. The smallest absolute Gasteiger partial charge is 0.191 e. The van der Waals surface area contributed by atoms with Gasteiger partial charge >= 0.3 is 0 Å². The molecule has 4 aromatic rings. The van der Waals surface area contributed by atoms with Crippen LogP contribution in [0.1, 0.15) is 29.3 Å². The number of fused-ring (bicyclic) bond motifs is 1. The Morgan fingerprint density at radius 2 is 2.03 bits per heavy atom. The van der Waals surface area contributed by atoms with Gasteiger partial charge in [0.2, 0.25) is 0 Å². The number of aromatic nitrogens is 3. The summed E-state index contributed by atoms with van der Waals surface area (Å²) in [6, 6.07) is 14.2. The van der Waals surface area contributed by atoms with Crippen LogP contribution in [-0.4, -0.2) is 38.7 Å².